The van der Waals surface area contributed by atoms with E-state index >= 15 is 0 Å². The van der Waals surface area contributed by atoms with Crippen molar-refractivity contribution in [3.05, 3.63) is 13.2 Å². The highest BCUT2D eigenvalue weighted by molar-refractivity contribution is 4.65. The molecule has 0 aliphatic heterocycles. The van der Waals surface area contributed by atoms with E-state index in [0.717, 1.165) is 5.92 Å². The summed E-state index contributed by atoms with van der Waals surface area (Å²) in [7, 11) is 0. The van der Waals surface area contributed by atoms with Crippen LogP contribution in [0.25, 0.3) is 0 Å². The highest BCUT2D eigenvalue weighted by atomic mass is 14.2. The van der Waals surface area contributed by atoms with Crippen molar-refractivity contribution in [2.75, 3.05) is 0 Å². The summed E-state index contributed by atoms with van der Waals surface area (Å²) in [5, 5.41) is 0. The molecule has 0 spiro atoms. The van der Waals surface area contributed by atoms with Crippen LogP contribution in [0.5, 0.6) is 0 Å². The molecule has 0 nitrogen and oxygen atoms in total. The Balaban J connectivity index is -0.000000245. The lowest BCUT2D eigenvalue weighted by molar-refractivity contribution is 0.331. The molecule has 1 saturated carbocycles. The molecule has 0 saturated heterocycles. The molecule has 1 fully saturated rings. The van der Waals surface area contributed by atoms with Gasteiger partial charge in [0.15, 0.2) is 0 Å². The summed E-state index contributed by atoms with van der Waals surface area (Å²) >= 11 is 0. The molecule has 0 radical (unpaired) electrons. The molecule has 1 aliphatic carbocycles. The minimum atomic E-state index is 1.11. The lowest BCUT2D eigenvalue weighted by Crippen LogP contribution is -2.05. The zero-order valence-corrected chi connectivity index (χ0v) is 12.6. The third-order valence-corrected chi connectivity index (χ3v) is 2.69. The van der Waals surface area contributed by atoms with Gasteiger partial charge in [0.25, 0.3) is 0 Å². The molecule has 0 aromatic rings. The lowest BCUT2D eigenvalue weighted by Gasteiger charge is -2.20. The topological polar surface area (TPSA) is 0 Å². The molecule has 0 atom stereocenters. The Morgan fingerprint density at radius 3 is 1.69 bits per heavy atom. The summed E-state index contributed by atoms with van der Waals surface area (Å²) in [6, 6.07) is 0. The fraction of sp³-hybridized carbons (Fsp3) is 0.875. The van der Waals surface area contributed by atoms with Gasteiger partial charge in [0.2, 0.25) is 0 Å². The molecule has 100 valence electrons. The second-order valence-corrected chi connectivity index (χ2v) is 3.65. The van der Waals surface area contributed by atoms with Crippen molar-refractivity contribution < 1.29 is 0 Å². The van der Waals surface area contributed by atoms with E-state index in [2.05, 4.69) is 20.1 Å². The van der Waals surface area contributed by atoms with Gasteiger partial charge in [-0.15, -0.1) is 13.2 Å². The van der Waals surface area contributed by atoms with Crippen molar-refractivity contribution in [2.24, 2.45) is 5.92 Å². The van der Waals surface area contributed by atoms with E-state index in [0.29, 0.717) is 0 Å². The Morgan fingerprint density at radius 2 is 1.31 bits per heavy atom. The fourth-order valence-corrected chi connectivity index (χ4v) is 1.97. The van der Waals surface area contributed by atoms with E-state index in [1.54, 1.807) is 0 Å². The first-order valence-electron chi connectivity index (χ1n) is 7.43. The van der Waals surface area contributed by atoms with Gasteiger partial charge in [0, 0.05) is 0 Å². The third kappa shape index (κ3) is 16.2. The summed E-state index contributed by atoms with van der Waals surface area (Å²) in [6.45, 7) is 16.3. The van der Waals surface area contributed by atoms with Crippen LogP contribution < -0.4 is 0 Å². The van der Waals surface area contributed by atoms with Gasteiger partial charge >= 0.3 is 0 Å². The third-order valence-electron chi connectivity index (χ3n) is 2.69. The molecule has 1 aliphatic rings. The summed E-state index contributed by atoms with van der Waals surface area (Å²) in [6.07, 6.45) is 11.9. The van der Waals surface area contributed by atoms with Crippen LogP contribution in [0, 0.1) is 5.92 Å². The van der Waals surface area contributed by atoms with Gasteiger partial charge in [-0.25, -0.2) is 0 Å². The number of unbranched alkanes of at least 4 members (excludes halogenated alkanes) is 1. The van der Waals surface area contributed by atoms with Gasteiger partial charge < -0.3 is 0 Å². The quantitative estimate of drug-likeness (QED) is 0.477. The molecular formula is C16H36. The summed E-state index contributed by atoms with van der Waals surface area (Å²) in [4.78, 5) is 0. The minimum Gasteiger partial charge on any atom is -0.106 e. The van der Waals surface area contributed by atoms with Crippen molar-refractivity contribution in [3.8, 4) is 0 Å². The molecule has 0 heterocycles. The van der Waals surface area contributed by atoms with Crippen LogP contribution in [0.1, 0.15) is 86.0 Å². The molecule has 0 unspecified atom stereocenters. The molecule has 0 heteroatoms. The predicted molar refractivity (Wildman–Crippen MR) is 80.1 cm³/mol. The number of hydrogen-bond acceptors (Lipinski definition) is 0. The first kappa shape index (κ1) is 21.1. The highest BCUT2D eigenvalue weighted by Gasteiger charge is 2.11. The Labute approximate surface area is 106 Å². The Bertz CT molecular complexity index is 80.0. The number of rotatable bonds is 3. The van der Waals surface area contributed by atoms with Crippen molar-refractivity contribution >= 4 is 0 Å². The van der Waals surface area contributed by atoms with E-state index in [9.17, 15) is 0 Å². The Hall–Kier alpha value is -0.260. The fourth-order valence-electron chi connectivity index (χ4n) is 1.97. The van der Waals surface area contributed by atoms with Gasteiger partial charge in [-0.1, -0.05) is 86.0 Å². The normalized spacial score (nSPS) is 14.3. The van der Waals surface area contributed by atoms with Gasteiger partial charge in [0.1, 0.15) is 0 Å². The maximum atomic E-state index is 3.00. The first-order chi connectivity index (χ1) is 7.93. The zero-order chi connectivity index (χ0) is 13.2. The predicted octanol–water partition coefficient (Wildman–Crippen LogP) is 6.61. The smallest absolute Gasteiger partial charge is 0.0414 e. The maximum absolute atomic E-state index is 3.00. The molecule has 0 aromatic heterocycles. The zero-order valence-electron chi connectivity index (χ0n) is 12.6. The van der Waals surface area contributed by atoms with E-state index in [4.69, 9.17) is 0 Å². The van der Waals surface area contributed by atoms with E-state index in [1.807, 2.05) is 27.7 Å². The molecule has 0 N–H and O–H groups in total. The first-order valence-corrected chi connectivity index (χ1v) is 7.43. The monoisotopic (exact) mass is 228 g/mol. The van der Waals surface area contributed by atoms with Crippen LogP contribution in [-0.2, 0) is 0 Å². The van der Waals surface area contributed by atoms with Crippen LogP contribution in [0.4, 0.5) is 0 Å². The van der Waals surface area contributed by atoms with E-state index < -0.39 is 0 Å². The van der Waals surface area contributed by atoms with Gasteiger partial charge in [-0.3, -0.25) is 0 Å². The molecule has 0 aromatic carbocycles. The summed E-state index contributed by atoms with van der Waals surface area (Å²) in [5.74, 6) is 1.11. The lowest BCUT2D eigenvalue weighted by atomic mass is 9.86. The molecular weight excluding hydrogens is 192 g/mol. The van der Waals surface area contributed by atoms with Gasteiger partial charge in [0.05, 0.1) is 0 Å². The van der Waals surface area contributed by atoms with Crippen molar-refractivity contribution in [1.82, 2.24) is 0 Å². The summed E-state index contributed by atoms with van der Waals surface area (Å²) < 4.78 is 0. The van der Waals surface area contributed by atoms with Crippen molar-refractivity contribution in [3.63, 3.8) is 0 Å². The van der Waals surface area contributed by atoms with E-state index in [-0.39, 0.29) is 0 Å². The van der Waals surface area contributed by atoms with Crippen molar-refractivity contribution in [2.45, 2.75) is 86.0 Å². The van der Waals surface area contributed by atoms with Crippen LogP contribution >= 0.6 is 0 Å². The van der Waals surface area contributed by atoms with Crippen LogP contribution in [0.2, 0.25) is 0 Å². The molecule has 0 bridgehead atoms. The average molecular weight is 228 g/mol. The van der Waals surface area contributed by atoms with Gasteiger partial charge in [-0.2, -0.15) is 0 Å². The molecule has 16 heavy (non-hydrogen) atoms. The summed E-state index contributed by atoms with van der Waals surface area (Å²) in [5.41, 5.74) is 0. The Morgan fingerprint density at radius 1 is 0.875 bits per heavy atom. The van der Waals surface area contributed by atoms with Crippen LogP contribution in [0.15, 0.2) is 13.2 Å². The Kier molecular flexibility index (Phi) is 31.8. The maximum Gasteiger partial charge on any atom is -0.0414 e. The second-order valence-electron chi connectivity index (χ2n) is 3.65. The standard InChI is InChI=1S/C10H20.2C2H6.C2H4/c1-2-3-7-10-8-5-4-6-9-10;3*1-2/h10H,2-9H2,1H3;2*1-2H3;1-2H2. The van der Waals surface area contributed by atoms with Gasteiger partial charge in [-0.05, 0) is 5.92 Å². The SMILES string of the molecule is C=C.CC.CC.CCCCC1CCCCC1. The van der Waals surface area contributed by atoms with Crippen LogP contribution in [-0.4, -0.2) is 0 Å². The number of hydrogen-bond donors (Lipinski definition) is 0. The molecule has 1 rings (SSSR count). The average Bonchev–Trinajstić information content (AvgIpc) is 2.44. The largest absolute Gasteiger partial charge is 0.106 e. The van der Waals surface area contributed by atoms with Crippen LogP contribution in [0.3, 0.4) is 0 Å². The van der Waals surface area contributed by atoms with Crippen molar-refractivity contribution in [1.29, 1.82) is 0 Å². The minimum absolute atomic E-state index is 1.11. The van der Waals surface area contributed by atoms with E-state index in [1.165, 1.54) is 51.4 Å². The molecule has 0 amide bonds. The second kappa shape index (κ2) is 24.1. The highest BCUT2D eigenvalue weighted by Crippen LogP contribution is 2.27.